The van der Waals surface area contributed by atoms with Crippen molar-refractivity contribution >= 4 is 17.5 Å². The van der Waals surface area contributed by atoms with Gasteiger partial charge in [0.2, 0.25) is 0 Å². The number of amides is 1. The first-order valence-corrected chi connectivity index (χ1v) is 9.72. The summed E-state index contributed by atoms with van der Waals surface area (Å²) in [5.74, 6) is -0.149. The van der Waals surface area contributed by atoms with Crippen LogP contribution in [0.5, 0.6) is 0 Å². The van der Waals surface area contributed by atoms with Crippen molar-refractivity contribution in [2.45, 2.75) is 24.9 Å². The van der Waals surface area contributed by atoms with Gasteiger partial charge in [-0.05, 0) is 37.1 Å². The highest BCUT2D eigenvalue weighted by molar-refractivity contribution is 6.30. The number of pyridine rings is 2. The van der Waals surface area contributed by atoms with Gasteiger partial charge in [0.1, 0.15) is 5.67 Å². The van der Waals surface area contributed by atoms with Gasteiger partial charge in [-0.1, -0.05) is 11.6 Å². The van der Waals surface area contributed by atoms with Crippen LogP contribution in [-0.2, 0) is 6.42 Å². The summed E-state index contributed by atoms with van der Waals surface area (Å²) in [6.07, 6.45) is 8.49. The standard InChI is InChI=1S/C21H19ClFN5O/c22-19-17(25-10-11-27-19)14-21(23)5-12-28(13-6-21)20(29)16-2-1-7-26-18(16)15-3-8-24-9-4-15/h1-4,7-11H,5-6,12-14H2. The molecule has 3 aromatic heterocycles. The predicted molar refractivity (Wildman–Crippen MR) is 107 cm³/mol. The van der Waals surface area contributed by atoms with E-state index in [0.29, 0.717) is 30.0 Å². The molecule has 1 saturated heterocycles. The highest BCUT2D eigenvalue weighted by Crippen LogP contribution is 2.32. The summed E-state index contributed by atoms with van der Waals surface area (Å²) in [6.45, 7) is 0.635. The molecule has 1 aliphatic rings. The second-order valence-electron chi connectivity index (χ2n) is 7.05. The normalized spacial score (nSPS) is 15.9. The Morgan fingerprint density at radius 1 is 1.03 bits per heavy atom. The molecule has 0 saturated carbocycles. The number of aromatic nitrogens is 4. The zero-order chi connectivity index (χ0) is 20.3. The topological polar surface area (TPSA) is 71.9 Å². The van der Waals surface area contributed by atoms with Crippen molar-refractivity contribution < 1.29 is 9.18 Å². The maximum absolute atomic E-state index is 15.3. The van der Waals surface area contributed by atoms with Crippen LogP contribution in [0.2, 0.25) is 5.15 Å². The first-order valence-electron chi connectivity index (χ1n) is 9.35. The minimum atomic E-state index is -1.46. The van der Waals surface area contributed by atoms with Crippen molar-refractivity contribution in [3.63, 3.8) is 0 Å². The number of rotatable bonds is 4. The summed E-state index contributed by atoms with van der Waals surface area (Å²) in [7, 11) is 0. The number of alkyl halides is 1. The van der Waals surface area contributed by atoms with Gasteiger partial charge in [0.15, 0.2) is 5.15 Å². The Balaban J connectivity index is 1.48. The van der Waals surface area contributed by atoms with E-state index in [-0.39, 0.29) is 30.3 Å². The fraction of sp³-hybridized carbons (Fsp3) is 0.286. The van der Waals surface area contributed by atoms with E-state index < -0.39 is 5.67 Å². The smallest absolute Gasteiger partial charge is 0.256 e. The third kappa shape index (κ3) is 4.24. The molecule has 3 aromatic rings. The summed E-state index contributed by atoms with van der Waals surface area (Å²) in [5.41, 5.74) is 0.909. The number of likely N-dealkylation sites (tertiary alicyclic amines) is 1. The third-order valence-electron chi connectivity index (χ3n) is 5.15. The molecule has 1 aliphatic heterocycles. The van der Waals surface area contributed by atoms with Crippen LogP contribution in [0.1, 0.15) is 28.9 Å². The lowest BCUT2D eigenvalue weighted by Gasteiger charge is -2.36. The van der Waals surface area contributed by atoms with E-state index >= 15 is 4.39 Å². The van der Waals surface area contributed by atoms with Crippen molar-refractivity contribution in [1.82, 2.24) is 24.8 Å². The van der Waals surface area contributed by atoms with Gasteiger partial charge < -0.3 is 4.90 Å². The quantitative estimate of drug-likeness (QED) is 0.653. The zero-order valence-electron chi connectivity index (χ0n) is 15.6. The molecule has 1 amide bonds. The van der Waals surface area contributed by atoms with Crippen molar-refractivity contribution in [3.05, 3.63) is 71.7 Å². The zero-order valence-corrected chi connectivity index (χ0v) is 16.4. The number of nitrogens with zero attached hydrogens (tertiary/aromatic N) is 5. The largest absolute Gasteiger partial charge is 0.338 e. The Morgan fingerprint density at radius 3 is 2.48 bits per heavy atom. The lowest BCUT2D eigenvalue weighted by molar-refractivity contribution is 0.0433. The van der Waals surface area contributed by atoms with E-state index in [4.69, 9.17) is 11.6 Å². The lowest BCUT2D eigenvalue weighted by atomic mass is 9.88. The van der Waals surface area contributed by atoms with E-state index in [1.54, 1.807) is 35.6 Å². The number of halogens is 2. The maximum atomic E-state index is 15.3. The van der Waals surface area contributed by atoms with Gasteiger partial charge in [0, 0.05) is 56.1 Å². The number of carbonyl (C=O) groups is 1. The summed E-state index contributed by atoms with van der Waals surface area (Å²) in [5, 5.41) is 0.223. The Hall–Kier alpha value is -2.93. The average molecular weight is 412 g/mol. The van der Waals surface area contributed by atoms with E-state index in [0.717, 1.165) is 5.56 Å². The molecule has 0 spiro atoms. The second-order valence-corrected chi connectivity index (χ2v) is 7.41. The average Bonchev–Trinajstić information content (AvgIpc) is 2.76. The van der Waals surface area contributed by atoms with Crippen molar-refractivity contribution in [2.75, 3.05) is 13.1 Å². The molecule has 0 aromatic carbocycles. The minimum absolute atomic E-state index is 0.0941. The molecule has 1 fully saturated rings. The fourth-order valence-corrected chi connectivity index (χ4v) is 3.72. The molecule has 6 nitrogen and oxygen atoms in total. The van der Waals surface area contributed by atoms with Gasteiger partial charge >= 0.3 is 0 Å². The molecular formula is C21H19ClFN5O. The lowest BCUT2D eigenvalue weighted by Crippen LogP contribution is -2.45. The molecule has 0 unspecified atom stereocenters. The van der Waals surface area contributed by atoms with Gasteiger partial charge in [-0.2, -0.15) is 0 Å². The number of piperidine rings is 1. The third-order valence-corrected chi connectivity index (χ3v) is 5.46. The first-order chi connectivity index (χ1) is 14.1. The van der Waals surface area contributed by atoms with Crippen LogP contribution in [0, 0.1) is 0 Å². The van der Waals surface area contributed by atoms with Gasteiger partial charge in [0.25, 0.3) is 5.91 Å². The molecular weight excluding hydrogens is 393 g/mol. The molecule has 148 valence electrons. The minimum Gasteiger partial charge on any atom is -0.338 e. The van der Waals surface area contributed by atoms with Gasteiger partial charge in [-0.3, -0.25) is 19.7 Å². The van der Waals surface area contributed by atoms with E-state index in [9.17, 15) is 4.79 Å². The van der Waals surface area contributed by atoms with Crippen LogP contribution in [-0.4, -0.2) is 49.5 Å². The first kappa shape index (κ1) is 19.4. The van der Waals surface area contributed by atoms with Gasteiger partial charge in [-0.15, -0.1) is 0 Å². The van der Waals surface area contributed by atoms with E-state index in [1.807, 2.05) is 12.1 Å². The molecule has 0 N–H and O–H groups in total. The highest BCUT2D eigenvalue weighted by Gasteiger charge is 2.37. The number of hydrogen-bond acceptors (Lipinski definition) is 5. The molecule has 29 heavy (non-hydrogen) atoms. The number of carbonyl (C=O) groups excluding carboxylic acids is 1. The molecule has 0 aliphatic carbocycles. The summed E-state index contributed by atoms with van der Waals surface area (Å²) >= 11 is 6.02. The van der Waals surface area contributed by atoms with Crippen LogP contribution in [0.15, 0.2) is 55.2 Å². The fourth-order valence-electron chi connectivity index (χ4n) is 3.54. The van der Waals surface area contributed by atoms with Crippen LogP contribution < -0.4 is 0 Å². The van der Waals surface area contributed by atoms with E-state index in [1.165, 1.54) is 12.4 Å². The Kier molecular flexibility index (Phi) is 5.49. The Labute approximate surface area is 172 Å². The molecule has 0 radical (unpaired) electrons. The monoisotopic (exact) mass is 411 g/mol. The molecule has 4 rings (SSSR count). The van der Waals surface area contributed by atoms with Crippen LogP contribution in [0.4, 0.5) is 4.39 Å². The Morgan fingerprint density at radius 2 is 1.76 bits per heavy atom. The van der Waals surface area contributed by atoms with Crippen molar-refractivity contribution in [2.24, 2.45) is 0 Å². The van der Waals surface area contributed by atoms with Gasteiger partial charge in [0.05, 0.1) is 17.0 Å². The van der Waals surface area contributed by atoms with E-state index in [2.05, 4.69) is 19.9 Å². The maximum Gasteiger partial charge on any atom is 0.256 e. The SMILES string of the molecule is O=C(c1cccnc1-c1ccncc1)N1CCC(F)(Cc2nccnc2Cl)CC1. The van der Waals surface area contributed by atoms with Crippen molar-refractivity contribution in [1.29, 1.82) is 0 Å². The molecule has 8 heteroatoms. The Bertz CT molecular complexity index is 1010. The summed E-state index contributed by atoms with van der Waals surface area (Å²) < 4.78 is 15.3. The predicted octanol–water partition coefficient (Wildman–Crippen LogP) is 3.77. The van der Waals surface area contributed by atoms with Gasteiger partial charge in [-0.25, -0.2) is 9.37 Å². The second kappa shape index (κ2) is 8.21. The molecule has 0 atom stereocenters. The molecule has 0 bridgehead atoms. The highest BCUT2D eigenvalue weighted by atomic mass is 35.5. The van der Waals surface area contributed by atoms with Crippen LogP contribution >= 0.6 is 11.6 Å². The molecule has 4 heterocycles. The van der Waals surface area contributed by atoms with Crippen LogP contribution in [0.25, 0.3) is 11.3 Å². The van der Waals surface area contributed by atoms with Crippen molar-refractivity contribution in [3.8, 4) is 11.3 Å². The summed E-state index contributed by atoms with van der Waals surface area (Å²) in [4.78, 5) is 31.3. The number of hydrogen-bond donors (Lipinski definition) is 0. The summed E-state index contributed by atoms with van der Waals surface area (Å²) in [6, 6.07) is 7.11. The van der Waals surface area contributed by atoms with Crippen LogP contribution in [0.3, 0.4) is 0 Å².